The second kappa shape index (κ2) is 5.96. The van der Waals surface area contributed by atoms with Gasteiger partial charge in [-0.05, 0) is 65.6 Å². The molecule has 0 aromatic heterocycles. The Kier molecular flexibility index (Phi) is 4.82. The van der Waals surface area contributed by atoms with Gasteiger partial charge in [0.15, 0.2) is 0 Å². The number of rotatable bonds is 4. The van der Waals surface area contributed by atoms with Crippen LogP contribution >= 0.6 is 11.6 Å². The van der Waals surface area contributed by atoms with E-state index in [1.165, 1.54) is 0 Å². The first kappa shape index (κ1) is 18.6. The Labute approximate surface area is 144 Å². The van der Waals surface area contributed by atoms with E-state index in [9.17, 15) is 0 Å². The van der Waals surface area contributed by atoms with Crippen LogP contribution in [0, 0.1) is 6.92 Å². The minimum atomic E-state index is -0.433. The van der Waals surface area contributed by atoms with Gasteiger partial charge in [-0.25, -0.2) is 0 Å². The average molecular weight is 340 g/mol. The standard InChI is InChI=1S/C17H27BClNO3/c1-11-12(18-22-16(4,5)17(6,7)23-18)8-9-13(14(11)19)21-10-15(2,3)20/h8-9H,10,20H2,1-7H3. The lowest BCUT2D eigenvalue weighted by atomic mass is 9.76. The topological polar surface area (TPSA) is 53.7 Å². The van der Waals surface area contributed by atoms with Crippen molar-refractivity contribution >= 4 is 24.2 Å². The molecule has 1 aliphatic rings. The number of nitrogens with two attached hydrogens (primary N) is 1. The number of benzene rings is 1. The number of hydrogen-bond acceptors (Lipinski definition) is 4. The van der Waals surface area contributed by atoms with Crippen LogP contribution in [0.4, 0.5) is 0 Å². The molecule has 0 aliphatic carbocycles. The Balaban J connectivity index is 2.25. The quantitative estimate of drug-likeness (QED) is 0.857. The third-order valence-corrected chi connectivity index (χ3v) is 4.97. The van der Waals surface area contributed by atoms with Gasteiger partial charge in [0.2, 0.25) is 0 Å². The van der Waals surface area contributed by atoms with Gasteiger partial charge >= 0.3 is 7.12 Å². The van der Waals surface area contributed by atoms with Crippen LogP contribution in [0.15, 0.2) is 12.1 Å². The third-order valence-electron chi connectivity index (χ3n) is 4.50. The van der Waals surface area contributed by atoms with Crippen LogP contribution in [-0.4, -0.2) is 30.5 Å². The Morgan fingerprint density at radius 1 is 1.17 bits per heavy atom. The van der Waals surface area contributed by atoms with Crippen LogP contribution in [0.3, 0.4) is 0 Å². The fourth-order valence-electron chi connectivity index (χ4n) is 2.28. The van der Waals surface area contributed by atoms with Crippen molar-refractivity contribution in [1.29, 1.82) is 0 Å². The lowest BCUT2D eigenvalue weighted by Gasteiger charge is -2.32. The number of halogens is 1. The van der Waals surface area contributed by atoms with Crippen molar-refractivity contribution in [3.8, 4) is 5.75 Å². The molecule has 0 atom stereocenters. The van der Waals surface area contributed by atoms with Crippen LogP contribution < -0.4 is 15.9 Å². The maximum absolute atomic E-state index is 6.47. The van der Waals surface area contributed by atoms with Gasteiger partial charge in [-0.1, -0.05) is 17.7 Å². The highest BCUT2D eigenvalue weighted by Crippen LogP contribution is 2.37. The molecule has 1 saturated heterocycles. The van der Waals surface area contributed by atoms with E-state index in [0.29, 0.717) is 17.4 Å². The molecule has 1 aromatic rings. The summed E-state index contributed by atoms with van der Waals surface area (Å²) in [6.07, 6.45) is 0. The van der Waals surface area contributed by atoms with Gasteiger partial charge in [-0.15, -0.1) is 0 Å². The van der Waals surface area contributed by atoms with Gasteiger partial charge in [0.25, 0.3) is 0 Å². The van der Waals surface area contributed by atoms with Crippen LogP contribution in [0.5, 0.6) is 5.75 Å². The molecule has 0 spiro atoms. The SMILES string of the molecule is Cc1c(B2OC(C)(C)C(C)(C)O2)ccc(OCC(C)(C)N)c1Cl. The van der Waals surface area contributed by atoms with Crippen molar-refractivity contribution in [3.05, 3.63) is 22.7 Å². The van der Waals surface area contributed by atoms with Gasteiger partial charge in [-0.2, -0.15) is 0 Å². The monoisotopic (exact) mass is 339 g/mol. The van der Waals surface area contributed by atoms with Crippen molar-refractivity contribution in [2.45, 2.75) is 65.2 Å². The Bertz CT molecular complexity index is 580. The van der Waals surface area contributed by atoms with E-state index in [4.69, 9.17) is 31.4 Å². The summed E-state index contributed by atoms with van der Waals surface area (Å²) >= 11 is 6.47. The molecule has 1 aliphatic heterocycles. The second-order valence-electron chi connectivity index (χ2n) is 7.96. The Morgan fingerprint density at radius 3 is 2.17 bits per heavy atom. The molecule has 0 bridgehead atoms. The summed E-state index contributed by atoms with van der Waals surface area (Å²) in [5.74, 6) is 0.628. The summed E-state index contributed by atoms with van der Waals surface area (Å²) in [7, 11) is -0.433. The fraction of sp³-hybridized carbons (Fsp3) is 0.647. The zero-order valence-corrected chi connectivity index (χ0v) is 15.9. The summed E-state index contributed by atoms with van der Waals surface area (Å²) < 4.78 is 17.9. The summed E-state index contributed by atoms with van der Waals surface area (Å²) in [6.45, 7) is 14.3. The molecule has 1 aromatic carbocycles. The molecule has 1 heterocycles. The first-order valence-electron chi connectivity index (χ1n) is 7.90. The maximum Gasteiger partial charge on any atom is 0.495 e. The van der Waals surface area contributed by atoms with Crippen molar-refractivity contribution in [1.82, 2.24) is 0 Å². The average Bonchev–Trinajstić information content (AvgIpc) is 2.59. The van der Waals surface area contributed by atoms with E-state index >= 15 is 0 Å². The molecule has 6 heteroatoms. The zero-order valence-electron chi connectivity index (χ0n) is 15.1. The molecule has 1 fully saturated rings. The van der Waals surface area contributed by atoms with Gasteiger partial charge < -0.3 is 19.8 Å². The van der Waals surface area contributed by atoms with Crippen molar-refractivity contribution in [2.24, 2.45) is 5.73 Å². The van der Waals surface area contributed by atoms with Crippen molar-refractivity contribution in [2.75, 3.05) is 6.61 Å². The van der Waals surface area contributed by atoms with Crippen molar-refractivity contribution < 1.29 is 14.0 Å². The normalized spacial score (nSPS) is 20.0. The minimum Gasteiger partial charge on any atom is -0.490 e. The maximum atomic E-state index is 6.47. The summed E-state index contributed by atoms with van der Waals surface area (Å²) in [4.78, 5) is 0. The second-order valence-corrected chi connectivity index (χ2v) is 8.34. The first-order valence-corrected chi connectivity index (χ1v) is 8.28. The molecule has 0 amide bonds. The highest BCUT2D eigenvalue weighted by atomic mass is 35.5. The van der Waals surface area contributed by atoms with Crippen LogP contribution in [0.25, 0.3) is 0 Å². The summed E-state index contributed by atoms with van der Waals surface area (Å²) in [5.41, 5.74) is 6.60. The molecule has 2 rings (SSSR count). The molecule has 23 heavy (non-hydrogen) atoms. The number of hydrogen-bond donors (Lipinski definition) is 1. The molecule has 4 nitrogen and oxygen atoms in total. The van der Waals surface area contributed by atoms with E-state index in [-0.39, 0.29) is 11.2 Å². The minimum absolute atomic E-state index is 0.380. The molecule has 128 valence electrons. The van der Waals surface area contributed by atoms with E-state index in [1.54, 1.807) is 0 Å². The smallest absolute Gasteiger partial charge is 0.490 e. The van der Waals surface area contributed by atoms with Gasteiger partial charge in [0.05, 0.1) is 16.2 Å². The predicted octanol–water partition coefficient (Wildman–Crippen LogP) is 3.06. The van der Waals surface area contributed by atoms with Crippen molar-refractivity contribution in [3.63, 3.8) is 0 Å². The molecular formula is C17H27BClNO3. The molecular weight excluding hydrogens is 312 g/mol. The van der Waals surface area contributed by atoms with Crippen LogP contribution in [-0.2, 0) is 9.31 Å². The summed E-state index contributed by atoms with van der Waals surface area (Å²) in [5, 5.41) is 0.571. The van der Waals surface area contributed by atoms with E-state index < -0.39 is 12.7 Å². The van der Waals surface area contributed by atoms with Gasteiger partial charge in [-0.3, -0.25) is 0 Å². The van der Waals surface area contributed by atoms with E-state index in [2.05, 4.69) is 0 Å². The highest BCUT2D eigenvalue weighted by molar-refractivity contribution is 6.63. The lowest BCUT2D eigenvalue weighted by Crippen LogP contribution is -2.41. The Morgan fingerprint density at radius 2 is 1.70 bits per heavy atom. The molecule has 0 radical (unpaired) electrons. The van der Waals surface area contributed by atoms with Crippen LogP contribution in [0.1, 0.15) is 47.1 Å². The van der Waals surface area contributed by atoms with Crippen LogP contribution in [0.2, 0.25) is 5.02 Å². The fourth-order valence-corrected chi connectivity index (χ4v) is 2.50. The number of ether oxygens (including phenoxy) is 1. The lowest BCUT2D eigenvalue weighted by molar-refractivity contribution is 0.00578. The largest absolute Gasteiger partial charge is 0.495 e. The third kappa shape index (κ3) is 3.85. The molecule has 2 N–H and O–H groups in total. The van der Waals surface area contributed by atoms with E-state index in [1.807, 2.05) is 60.6 Å². The first-order chi connectivity index (χ1) is 10.3. The highest BCUT2D eigenvalue weighted by Gasteiger charge is 2.52. The summed E-state index contributed by atoms with van der Waals surface area (Å²) in [6, 6.07) is 3.80. The Hall–Kier alpha value is -0.745. The molecule has 0 unspecified atom stereocenters. The predicted molar refractivity (Wildman–Crippen MR) is 95.7 cm³/mol. The van der Waals surface area contributed by atoms with E-state index in [0.717, 1.165) is 11.0 Å². The zero-order chi connectivity index (χ0) is 17.6. The van der Waals surface area contributed by atoms with Gasteiger partial charge in [0, 0.05) is 5.54 Å². The van der Waals surface area contributed by atoms with Gasteiger partial charge in [0.1, 0.15) is 12.4 Å². The molecule has 0 saturated carbocycles.